The summed E-state index contributed by atoms with van der Waals surface area (Å²) in [6.45, 7) is 1.94. The molecule has 0 aromatic rings. The van der Waals surface area contributed by atoms with Crippen LogP contribution >= 0.6 is 0 Å². The van der Waals surface area contributed by atoms with E-state index in [1.165, 1.54) is 0 Å². The van der Waals surface area contributed by atoms with E-state index < -0.39 is 0 Å². The molecule has 0 fully saturated rings. The Labute approximate surface area is 54.7 Å². The summed E-state index contributed by atoms with van der Waals surface area (Å²) < 4.78 is 0. The lowest BCUT2D eigenvalue weighted by molar-refractivity contribution is 1.03. The van der Waals surface area contributed by atoms with Crippen molar-refractivity contribution in [3.05, 3.63) is 35.8 Å². The van der Waals surface area contributed by atoms with Crippen LogP contribution in [-0.2, 0) is 0 Å². The highest BCUT2D eigenvalue weighted by atomic mass is 14.9. The highest BCUT2D eigenvalue weighted by Gasteiger charge is 1.91. The van der Waals surface area contributed by atoms with Crippen LogP contribution in [0.1, 0.15) is 6.92 Å². The van der Waals surface area contributed by atoms with E-state index in [0.717, 1.165) is 11.4 Å². The Hall–Kier alpha value is -1.18. The summed E-state index contributed by atoms with van der Waals surface area (Å²) in [5, 5.41) is 3.01. The lowest BCUT2D eigenvalue weighted by atomic mass is 10.3. The molecule has 0 saturated heterocycles. The predicted octanol–water partition coefficient (Wildman–Crippen LogP) is 0.850. The molecule has 0 bridgehead atoms. The molecule has 0 amide bonds. The average molecular weight is 122 g/mol. The topological polar surface area (TPSA) is 38.0 Å². The molecule has 2 heteroatoms. The van der Waals surface area contributed by atoms with E-state index in [9.17, 15) is 0 Å². The molecule has 0 saturated carbocycles. The van der Waals surface area contributed by atoms with Gasteiger partial charge in [0.25, 0.3) is 0 Å². The van der Waals surface area contributed by atoms with Gasteiger partial charge in [-0.25, -0.2) is 0 Å². The van der Waals surface area contributed by atoms with E-state index in [0.29, 0.717) is 0 Å². The zero-order valence-electron chi connectivity index (χ0n) is 5.39. The number of nitrogens with one attached hydrogen (secondary N) is 1. The van der Waals surface area contributed by atoms with Gasteiger partial charge in [0.1, 0.15) is 0 Å². The highest BCUT2D eigenvalue weighted by molar-refractivity contribution is 5.27. The summed E-state index contributed by atoms with van der Waals surface area (Å²) in [5.41, 5.74) is 7.36. The van der Waals surface area contributed by atoms with Gasteiger partial charge in [-0.3, -0.25) is 0 Å². The molecular weight excluding hydrogens is 112 g/mol. The highest BCUT2D eigenvalue weighted by Crippen LogP contribution is 1.98. The Morgan fingerprint density at radius 1 is 1.44 bits per heavy atom. The summed E-state index contributed by atoms with van der Waals surface area (Å²) in [6, 6.07) is 0. The molecule has 0 aromatic heterocycles. The zero-order chi connectivity index (χ0) is 6.69. The molecule has 0 radical (unpaired) electrons. The van der Waals surface area contributed by atoms with Crippen molar-refractivity contribution < 1.29 is 0 Å². The van der Waals surface area contributed by atoms with Gasteiger partial charge in [0.05, 0.1) is 5.70 Å². The number of hydrogen-bond donors (Lipinski definition) is 2. The Kier molecular flexibility index (Phi) is 1.58. The van der Waals surface area contributed by atoms with Gasteiger partial charge in [0.2, 0.25) is 0 Å². The molecular formula is C7H10N2. The van der Waals surface area contributed by atoms with Gasteiger partial charge >= 0.3 is 0 Å². The largest absolute Gasteiger partial charge is 0.397 e. The minimum absolute atomic E-state index is 0.792. The van der Waals surface area contributed by atoms with E-state index in [1.54, 1.807) is 0 Å². The summed E-state index contributed by atoms with van der Waals surface area (Å²) in [7, 11) is 0. The first kappa shape index (κ1) is 5.95. The van der Waals surface area contributed by atoms with Gasteiger partial charge in [0, 0.05) is 11.9 Å². The number of nitrogens with two attached hydrogens (primary N) is 1. The van der Waals surface area contributed by atoms with Crippen LogP contribution in [0.25, 0.3) is 0 Å². The Balaban J connectivity index is 2.85. The number of hydrogen-bond acceptors (Lipinski definition) is 2. The van der Waals surface area contributed by atoms with Gasteiger partial charge < -0.3 is 11.1 Å². The first-order chi connectivity index (χ1) is 4.30. The fraction of sp³-hybridized carbons (Fsp3) is 0.143. The first-order valence-electron chi connectivity index (χ1n) is 2.87. The van der Waals surface area contributed by atoms with E-state index in [2.05, 4.69) is 5.32 Å². The molecule has 0 aliphatic carbocycles. The van der Waals surface area contributed by atoms with Crippen molar-refractivity contribution in [1.29, 1.82) is 0 Å². The summed E-state index contributed by atoms with van der Waals surface area (Å²) >= 11 is 0. The minimum atomic E-state index is 0.792. The fourth-order valence-corrected chi connectivity index (χ4v) is 0.596. The number of rotatable bonds is 0. The monoisotopic (exact) mass is 122 g/mol. The molecule has 9 heavy (non-hydrogen) atoms. The Bertz CT molecular complexity index is 187. The van der Waals surface area contributed by atoms with Crippen LogP contribution in [0.3, 0.4) is 0 Å². The molecule has 1 aliphatic rings. The summed E-state index contributed by atoms with van der Waals surface area (Å²) in [6.07, 6.45) is 7.53. The van der Waals surface area contributed by atoms with Crippen molar-refractivity contribution in [2.45, 2.75) is 6.92 Å². The van der Waals surface area contributed by atoms with Crippen molar-refractivity contribution in [1.82, 2.24) is 5.32 Å². The second kappa shape index (κ2) is 2.40. The number of allylic oxidation sites excluding steroid dienone is 4. The van der Waals surface area contributed by atoms with Crippen LogP contribution in [0.15, 0.2) is 35.8 Å². The van der Waals surface area contributed by atoms with Gasteiger partial charge in [-0.15, -0.1) is 0 Å². The third-order valence-electron chi connectivity index (χ3n) is 1.22. The maximum atomic E-state index is 5.57. The molecule has 0 unspecified atom stereocenters. The predicted molar refractivity (Wildman–Crippen MR) is 38.3 cm³/mol. The molecule has 1 aliphatic heterocycles. The first-order valence-corrected chi connectivity index (χ1v) is 2.87. The SMILES string of the molecule is CC1=C(N)C=CC=CN1. The second-order valence-electron chi connectivity index (χ2n) is 1.94. The van der Waals surface area contributed by atoms with Crippen molar-refractivity contribution in [2.75, 3.05) is 0 Å². The standard InChI is InChI=1S/C7H10N2/c1-6-7(8)4-2-3-5-9-6/h2-5,9H,8H2,1H3. The van der Waals surface area contributed by atoms with E-state index >= 15 is 0 Å². The van der Waals surface area contributed by atoms with Crippen molar-refractivity contribution >= 4 is 0 Å². The van der Waals surface area contributed by atoms with E-state index in [-0.39, 0.29) is 0 Å². The molecule has 48 valence electrons. The second-order valence-corrected chi connectivity index (χ2v) is 1.94. The molecule has 0 aromatic carbocycles. The maximum Gasteiger partial charge on any atom is 0.0507 e. The smallest absolute Gasteiger partial charge is 0.0507 e. The Morgan fingerprint density at radius 3 is 3.00 bits per heavy atom. The van der Waals surface area contributed by atoms with Crippen LogP contribution in [0, 0.1) is 0 Å². The van der Waals surface area contributed by atoms with Crippen LogP contribution < -0.4 is 11.1 Å². The summed E-state index contributed by atoms with van der Waals surface area (Å²) in [5.74, 6) is 0. The quantitative estimate of drug-likeness (QED) is 0.500. The van der Waals surface area contributed by atoms with Gasteiger partial charge in [-0.2, -0.15) is 0 Å². The van der Waals surface area contributed by atoms with Crippen LogP contribution in [0.5, 0.6) is 0 Å². The third-order valence-corrected chi connectivity index (χ3v) is 1.22. The minimum Gasteiger partial charge on any atom is -0.397 e. The van der Waals surface area contributed by atoms with Gasteiger partial charge in [0.15, 0.2) is 0 Å². The van der Waals surface area contributed by atoms with E-state index in [4.69, 9.17) is 5.73 Å². The molecule has 2 nitrogen and oxygen atoms in total. The molecule has 0 atom stereocenters. The third kappa shape index (κ3) is 1.35. The van der Waals surface area contributed by atoms with Crippen molar-refractivity contribution in [3.63, 3.8) is 0 Å². The van der Waals surface area contributed by atoms with Crippen molar-refractivity contribution in [3.8, 4) is 0 Å². The molecule has 3 N–H and O–H groups in total. The zero-order valence-corrected chi connectivity index (χ0v) is 5.39. The fourth-order valence-electron chi connectivity index (χ4n) is 0.596. The molecule has 0 spiro atoms. The average Bonchev–Trinajstić information content (AvgIpc) is 1.99. The van der Waals surface area contributed by atoms with Crippen molar-refractivity contribution in [2.24, 2.45) is 5.73 Å². The van der Waals surface area contributed by atoms with Gasteiger partial charge in [-0.1, -0.05) is 6.08 Å². The lowest BCUT2D eigenvalue weighted by Crippen LogP contribution is -2.07. The molecule has 1 rings (SSSR count). The van der Waals surface area contributed by atoms with Crippen LogP contribution in [0.2, 0.25) is 0 Å². The van der Waals surface area contributed by atoms with Crippen LogP contribution in [-0.4, -0.2) is 0 Å². The molecule has 1 heterocycles. The lowest BCUT2D eigenvalue weighted by Gasteiger charge is -1.99. The Morgan fingerprint density at radius 2 is 2.22 bits per heavy atom. The van der Waals surface area contributed by atoms with Gasteiger partial charge in [-0.05, 0) is 19.1 Å². The maximum absolute atomic E-state index is 5.57. The summed E-state index contributed by atoms with van der Waals surface area (Å²) in [4.78, 5) is 0. The van der Waals surface area contributed by atoms with E-state index in [1.807, 2.05) is 31.4 Å². The normalized spacial score (nSPS) is 17.4. The van der Waals surface area contributed by atoms with Crippen LogP contribution in [0.4, 0.5) is 0 Å².